The highest BCUT2D eigenvalue weighted by atomic mass is 19.2. The molecule has 0 fully saturated rings. The van der Waals surface area contributed by atoms with Crippen molar-refractivity contribution in [3.05, 3.63) is 65.0 Å². The van der Waals surface area contributed by atoms with Gasteiger partial charge in [-0.15, -0.1) is 0 Å². The van der Waals surface area contributed by atoms with Crippen molar-refractivity contribution in [1.82, 2.24) is 10.4 Å². The van der Waals surface area contributed by atoms with E-state index in [-0.39, 0.29) is 5.56 Å². The van der Waals surface area contributed by atoms with E-state index < -0.39 is 17.7 Å². The molecule has 0 spiro atoms. The fourth-order valence-corrected chi connectivity index (χ4v) is 2.11. The van der Waals surface area contributed by atoms with Crippen molar-refractivity contribution in [2.75, 3.05) is 0 Å². The number of hydrogen-bond donors (Lipinski definition) is 2. The summed E-state index contributed by atoms with van der Waals surface area (Å²) in [7, 11) is 0. The molecule has 2 aromatic rings. The Labute approximate surface area is 110 Å². The fraction of sp³-hybridized carbons (Fsp3) is 0.214. The van der Waals surface area contributed by atoms with Crippen LogP contribution in [0.2, 0.25) is 0 Å². The monoisotopic (exact) mass is 263 g/mol. The molecule has 1 aromatic heterocycles. The van der Waals surface area contributed by atoms with Crippen molar-refractivity contribution in [3.8, 4) is 0 Å². The molecule has 19 heavy (non-hydrogen) atoms. The number of rotatable bonds is 4. The molecular formula is C14H15F2N3. The highest BCUT2D eigenvalue weighted by Gasteiger charge is 2.20. The summed E-state index contributed by atoms with van der Waals surface area (Å²) in [4.78, 5) is 4.03. The third kappa shape index (κ3) is 2.62. The van der Waals surface area contributed by atoms with E-state index >= 15 is 0 Å². The number of hydrogen-bond acceptors (Lipinski definition) is 3. The van der Waals surface area contributed by atoms with E-state index in [4.69, 9.17) is 5.84 Å². The lowest BCUT2D eigenvalue weighted by molar-refractivity contribution is 0.482. The Bertz CT molecular complexity index is 572. The van der Waals surface area contributed by atoms with E-state index in [1.54, 1.807) is 18.5 Å². The summed E-state index contributed by atoms with van der Waals surface area (Å²) in [6.07, 6.45) is 4.05. The molecule has 5 heteroatoms. The first-order valence-electron chi connectivity index (χ1n) is 6.01. The largest absolute Gasteiger partial charge is 0.271 e. The van der Waals surface area contributed by atoms with Crippen molar-refractivity contribution in [2.45, 2.75) is 19.4 Å². The first kappa shape index (κ1) is 13.6. The second kappa shape index (κ2) is 5.86. The molecule has 0 radical (unpaired) electrons. The van der Waals surface area contributed by atoms with Gasteiger partial charge in [0, 0.05) is 18.0 Å². The fourth-order valence-electron chi connectivity index (χ4n) is 2.11. The molecule has 0 saturated heterocycles. The summed E-state index contributed by atoms with van der Waals surface area (Å²) >= 11 is 0. The van der Waals surface area contributed by atoms with Gasteiger partial charge in [-0.2, -0.15) is 0 Å². The van der Waals surface area contributed by atoms with E-state index in [0.29, 0.717) is 0 Å². The minimum atomic E-state index is -0.885. The summed E-state index contributed by atoms with van der Waals surface area (Å²) in [5, 5.41) is 0. The zero-order valence-corrected chi connectivity index (χ0v) is 10.5. The number of halogens is 2. The van der Waals surface area contributed by atoms with Crippen LogP contribution < -0.4 is 11.3 Å². The molecule has 1 heterocycles. The predicted octanol–water partition coefficient (Wildman–Crippen LogP) is 2.47. The minimum absolute atomic E-state index is 0.184. The Balaban J connectivity index is 2.53. The highest BCUT2D eigenvalue weighted by molar-refractivity contribution is 5.36. The van der Waals surface area contributed by atoms with Gasteiger partial charge < -0.3 is 0 Å². The SMILES string of the molecule is CCc1cnccc1C(NN)c1cccc(F)c1F. The Morgan fingerprint density at radius 3 is 2.74 bits per heavy atom. The lowest BCUT2D eigenvalue weighted by Gasteiger charge is -2.20. The van der Waals surface area contributed by atoms with Crippen LogP contribution in [0.15, 0.2) is 36.7 Å². The number of hydrazine groups is 1. The average molecular weight is 263 g/mol. The quantitative estimate of drug-likeness (QED) is 0.658. The first-order chi connectivity index (χ1) is 9.19. The van der Waals surface area contributed by atoms with Crippen molar-refractivity contribution >= 4 is 0 Å². The van der Waals surface area contributed by atoms with E-state index in [2.05, 4.69) is 10.4 Å². The van der Waals surface area contributed by atoms with Crippen LogP contribution in [0, 0.1) is 11.6 Å². The van der Waals surface area contributed by atoms with Gasteiger partial charge in [0.05, 0.1) is 6.04 Å². The molecule has 1 unspecified atom stereocenters. The first-order valence-corrected chi connectivity index (χ1v) is 6.01. The van der Waals surface area contributed by atoms with Gasteiger partial charge in [-0.25, -0.2) is 14.2 Å². The zero-order chi connectivity index (χ0) is 13.8. The molecule has 1 atom stereocenters. The number of nitrogens with one attached hydrogen (secondary N) is 1. The Morgan fingerprint density at radius 2 is 2.05 bits per heavy atom. The standard InChI is InChI=1S/C14H15F2N3/c1-2-9-8-18-7-6-10(9)14(19-17)11-4-3-5-12(15)13(11)16/h3-8,14,19H,2,17H2,1H3. The molecule has 0 aliphatic rings. The van der Waals surface area contributed by atoms with Crippen LogP contribution in [0.1, 0.15) is 29.7 Å². The third-order valence-corrected chi connectivity index (χ3v) is 3.09. The van der Waals surface area contributed by atoms with Gasteiger partial charge in [0.2, 0.25) is 0 Å². The lowest BCUT2D eigenvalue weighted by Crippen LogP contribution is -2.30. The van der Waals surface area contributed by atoms with Crippen LogP contribution in [-0.2, 0) is 6.42 Å². The smallest absolute Gasteiger partial charge is 0.163 e. The van der Waals surface area contributed by atoms with Crippen molar-refractivity contribution in [2.24, 2.45) is 5.84 Å². The second-order valence-corrected chi connectivity index (χ2v) is 4.17. The molecule has 0 aliphatic carbocycles. The summed E-state index contributed by atoms with van der Waals surface area (Å²) in [5.74, 6) is 3.75. The lowest BCUT2D eigenvalue weighted by atomic mass is 9.95. The average Bonchev–Trinajstić information content (AvgIpc) is 2.45. The van der Waals surface area contributed by atoms with Gasteiger partial charge in [-0.05, 0) is 29.7 Å². The summed E-state index contributed by atoms with van der Waals surface area (Å²) in [6, 6.07) is 5.22. The van der Waals surface area contributed by atoms with Gasteiger partial charge in [-0.1, -0.05) is 19.1 Å². The maximum absolute atomic E-state index is 13.9. The number of benzene rings is 1. The molecule has 100 valence electrons. The molecule has 0 bridgehead atoms. The molecule has 0 aliphatic heterocycles. The van der Waals surface area contributed by atoms with Crippen LogP contribution in [0.4, 0.5) is 8.78 Å². The van der Waals surface area contributed by atoms with Crippen LogP contribution in [0.25, 0.3) is 0 Å². The second-order valence-electron chi connectivity index (χ2n) is 4.17. The number of aryl methyl sites for hydroxylation is 1. The predicted molar refractivity (Wildman–Crippen MR) is 69.1 cm³/mol. The Kier molecular flexibility index (Phi) is 4.19. The van der Waals surface area contributed by atoms with Gasteiger partial charge in [0.15, 0.2) is 11.6 Å². The Hall–Kier alpha value is -1.85. The van der Waals surface area contributed by atoms with Crippen LogP contribution in [0.3, 0.4) is 0 Å². The number of pyridine rings is 1. The highest BCUT2D eigenvalue weighted by Crippen LogP contribution is 2.27. The number of nitrogens with two attached hydrogens (primary N) is 1. The molecule has 1 aromatic carbocycles. The summed E-state index contributed by atoms with van der Waals surface area (Å²) in [5.41, 5.74) is 4.46. The molecule has 0 saturated carbocycles. The minimum Gasteiger partial charge on any atom is -0.271 e. The molecule has 2 rings (SSSR count). The van der Waals surface area contributed by atoms with E-state index in [1.165, 1.54) is 12.1 Å². The van der Waals surface area contributed by atoms with E-state index in [1.807, 2.05) is 6.92 Å². The molecular weight excluding hydrogens is 248 g/mol. The van der Waals surface area contributed by atoms with Gasteiger partial charge in [0.25, 0.3) is 0 Å². The molecule has 3 N–H and O–H groups in total. The van der Waals surface area contributed by atoms with Gasteiger partial charge in [-0.3, -0.25) is 10.8 Å². The van der Waals surface area contributed by atoms with Crippen LogP contribution >= 0.6 is 0 Å². The number of aromatic nitrogens is 1. The molecule has 0 amide bonds. The maximum Gasteiger partial charge on any atom is 0.163 e. The van der Waals surface area contributed by atoms with Gasteiger partial charge >= 0.3 is 0 Å². The normalized spacial score (nSPS) is 12.4. The van der Waals surface area contributed by atoms with Crippen molar-refractivity contribution in [3.63, 3.8) is 0 Å². The summed E-state index contributed by atoms with van der Waals surface area (Å²) in [6.45, 7) is 1.97. The van der Waals surface area contributed by atoms with E-state index in [0.717, 1.165) is 23.6 Å². The third-order valence-electron chi connectivity index (χ3n) is 3.09. The summed E-state index contributed by atoms with van der Waals surface area (Å²) < 4.78 is 27.2. The topological polar surface area (TPSA) is 50.9 Å². The molecule has 3 nitrogen and oxygen atoms in total. The van der Waals surface area contributed by atoms with Crippen molar-refractivity contribution in [1.29, 1.82) is 0 Å². The van der Waals surface area contributed by atoms with E-state index in [9.17, 15) is 8.78 Å². The zero-order valence-electron chi connectivity index (χ0n) is 10.5. The van der Waals surface area contributed by atoms with Crippen LogP contribution in [0.5, 0.6) is 0 Å². The van der Waals surface area contributed by atoms with Crippen molar-refractivity contribution < 1.29 is 8.78 Å². The van der Waals surface area contributed by atoms with Gasteiger partial charge in [0.1, 0.15) is 0 Å². The maximum atomic E-state index is 13.9. The Morgan fingerprint density at radius 1 is 1.26 bits per heavy atom. The number of nitrogens with zero attached hydrogens (tertiary/aromatic N) is 1. The van der Waals surface area contributed by atoms with Crippen LogP contribution in [-0.4, -0.2) is 4.98 Å².